The van der Waals surface area contributed by atoms with E-state index < -0.39 is 55.8 Å². The minimum absolute atomic E-state index is 0.143. The summed E-state index contributed by atoms with van der Waals surface area (Å²) in [5.74, 6) is -6.46. The molecule has 27 heavy (non-hydrogen) atoms. The lowest BCUT2D eigenvalue weighted by molar-refractivity contribution is -0.188. The molecule has 1 saturated heterocycles. The van der Waals surface area contributed by atoms with E-state index in [9.17, 15) is 35.9 Å². The number of amides is 1. The Hall–Kier alpha value is -2.46. The highest BCUT2D eigenvalue weighted by atomic mass is 19.4. The van der Waals surface area contributed by atoms with Crippen molar-refractivity contribution >= 4 is 11.9 Å². The van der Waals surface area contributed by atoms with Gasteiger partial charge in [0.2, 0.25) is 5.91 Å². The van der Waals surface area contributed by atoms with Crippen LogP contribution < -0.4 is 4.74 Å². The van der Waals surface area contributed by atoms with Crippen molar-refractivity contribution in [3.63, 3.8) is 0 Å². The van der Waals surface area contributed by atoms with Crippen molar-refractivity contribution in [1.82, 2.24) is 4.90 Å². The first-order valence-electron chi connectivity index (χ1n) is 7.72. The van der Waals surface area contributed by atoms with Gasteiger partial charge < -0.3 is 14.7 Å². The van der Waals surface area contributed by atoms with E-state index in [0.29, 0.717) is 0 Å². The Labute approximate surface area is 149 Å². The molecule has 2 rings (SSSR count). The average molecular weight is 399 g/mol. The molecule has 0 spiro atoms. The smallest absolute Gasteiger partial charge is 0.422 e. The van der Waals surface area contributed by atoms with E-state index in [2.05, 4.69) is 4.74 Å². The van der Waals surface area contributed by atoms with Crippen LogP contribution in [-0.2, 0) is 16.0 Å². The van der Waals surface area contributed by atoms with Gasteiger partial charge in [0.15, 0.2) is 6.61 Å². The van der Waals surface area contributed by atoms with Crippen LogP contribution in [0.25, 0.3) is 0 Å². The highest BCUT2D eigenvalue weighted by Gasteiger charge is 2.53. The Kier molecular flexibility index (Phi) is 5.91. The van der Waals surface area contributed by atoms with Gasteiger partial charge in [0.25, 0.3) is 0 Å². The number of hydrogen-bond donors (Lipinski definition) is 1. The molecule has 1 aromatic rings. The van der Waals surface area contributed by atoms with Crippen LogP contribution in [0.4, 0.5) is 26.3 Å². The van der Waals surface area contributed by atoms with Gasteiger partial charge in [0, 0.05) is 13.1 Å². The Morgan fingerprint density at radius 2 is 1.81 bits per heavy atom. The quantitative estimate of drug-likeness (QED) is 0.774. The standard InChI is InChI=1S/C16H15F6NO4/c17-15(18,19)8-27-10-3-1-2-9(4-10)5-13(24)23-6-11(14(25)26)12(7-23)16(20,21)22/h1-4,11-12H,5-8H2,(H,25,26)/t11-,12-/m1/s1. The number of halogens is 6. The first kappa shape index (κ1) is 20.8. The summed E-state index contributed by atoms with van der Waals surface area (Å²) in [6.07, 6.45) is -9.69. The summed E-state index contributed by atoms with van der Waals surface area (Å²) in [5, 5.41) is 8.95. The van der Waals surface area contributed by atoms with Gasteiger partial charge >= 0.3 is 18.3 Å². The summed E-state index contributed by atoms with van der Waals surface area (Å²) in [6, 6.07) is 5.17. The van der Waals surface area contributed by atoms with Crippen LogP contribution in [0.1, 0.15) is 5.56 Å². The number of nitrogens with zero attached hydrogens (tertiary/aromatic N) is 1. The number of carboxylic acids is 1. The third kappa shape index (κ3) is 5.76. The molecule has 1 fully saturated rings. The van der Waals surface area contributed by atoms with Gasteiger partial charge in [-0.2, -0.15) is 26.3 Å². The highest BCUT2D eigenvalue weighted by molar-refractivity contribution is 5.81. The Balaban J connectivity index is 2.04. The van der Waals surface area contributed by atoms with Crippen LogP contribution in [0, 0.1) is 11.8 Å². The van der Waals surface area contributed by atoms with E-state index in [1.165, 1.54) is 24.3 Å². The fraction of sp³-hybridized carbons (Fsp3) is 0.500. The van der Waals surface area contributed by atoms with Crippen LogP contribution >= 0.6 is 0 Å². The van der Waals surface area contributed by atoms with Gasteiger partial charge in [-0.25, -0.2) is 0 Å². The molecule has 0 unspecified atom stereocenters. The zero-order chi connectivity index (χ0) is 20.4. The molecule has 11 heteroatoms. The minimum Gasteiger partial charge on any atom is -0.484 e. The zero-order valence-corrected chi connectivity index (χ0v) is 13.7. The van der Waals surface area contributed by atoms with Crippen molar-refractivity contribution in [2.75, 3.05) is 19.7 Å². The van der Waals surface area contributed by atoms with Crippen LogP contribution in [-0.4, -0.2) is 53.9 Å². The number of carbonyl (C=O) groups is 2. The summed E-state index contributed by atoms with van der Waals surface area (Å²) in [5.41, 5.74) is 0.238. The number of benzene rings is 1. The molecule has 0 aromatic heterocycles. The lowest BCUT2D eigenvalue weighted by atomic mass is 9.96. The van der Waals surface area contributed by atoms with E-state index in [1.807, 2.05) is 0 Å². The summed E-state index contributed by atoms with van der Waals surface area (Å²) in [7, 11) is 0. The SMILES string of the molecule is O=C(O)[C@@H]1CN(C(=O)Cc2cccc(OCC(F)(F)F)c2)C[C@H]1C(F)(F)F. The summed E-state index contributed by atoms with van der Waals surface area (Å²) < 4.78 is 79.9. The number of hydrogen-bond acceptors (Lipinski definition) is 3. The van der Waals surface area contributed by atoms with Gasteiger partial charge in [-0.15, -0.1) is 0 Å². The summed E-state index contributed by atoms with van der Waals surface area (Å²) in [6.45, 7) is -2.88. The van der Waals surface area contributed by atoms with Crippen molar-refractivity contribution in [3.8, 4) is 5.75 Å². The Bertz CT molecular complexity index is 703. The highest BCUT2D eigenvalue weighted by Crippen LogP contribution is 2.38. The number of aliphatic carboxylic acids is 1. The Morgan fingerprint density at radius 3 is 2.33 bits per heavy atom. The second-order valence-electron chi connectivity index (χ2n) is 6.12. The predicted octanol–water partition coefficient (Wildman–Crippen LogP) is 2.89. The van der Waals surface area contributed by atoms with E-state index in [1.54, 1.807) is 0 Å². The molecule has 1 amide bonds. The van der Waals surface area contributed by atoms with E-state index in [0.717, 1.165) is 4.90 Å². The average Bonchev–Trinajstić information content (AvgIpc) is 2.98. The maximum atomic E-state index is 13.0. The maximum absolute atomic E-state index is 13.0. The van der Waals surface area contributed by atoms with Gasteiger partial charge in [0.05, 0.1) is 18.3 Å². The number of carboxylic acid groups (broad SMARTS) is 1. The normalized spacial score (nSPS) is 20.6. The van der Waals surface area contributed by atoms with Gasteiger partial charge in [-0.1, -0.05) is 12.1 Å². The minimum atomic E-state index is -4.76. The van der Waals surface area contributed by atoms with Crippen molar-refractivity contribution < 1.29 is 45.8 Å². The Morgan fingerprint density at radius 1 is 1.15 bits per heavy atom. The molecule has 0 radical (unpaired) electrons. The number of likely N-dealkylation sites (tertiary alicyclic amines) is 1. The summed E-state index contributed by atoms with van der Waals surface area (Å²) in [4.78, 5) is 24.1. The molecule has 0 aliphatic carbocycles. The molecule has 1 aromatic carbocycles. The van der Waals surface area contributed by atoms with Crippen LogP contribution in [0.2, 0.25) is 0 Å². The molecule has 1 heterocycles. The molecular formula is C16H15F6NO4. The lowest BCUT2D eigenvalue weighted by Gasteiger charge is -2.18. The predicted molar refractivity (Wildman–Crippen MR) is 78.9 cm³/mol. The molecule has 5 nitrogen and oxygen atoms in total. The molecule has 150 valence electrons. The fourth-order valence-corrected chi connectivity index (χ4v) is 2.79. The number of rotatable bonds is 5. The van der Waals surface area contributed by atoms with Crippen molar-refractivity contribution in [2.45, 2.75) is 18.8 Å². The van der Waals surface area contributed by atoms with Crippen LogP contribution in [0.3, 0.4) is 0 Å². The number of ether oxygens (including phenoxy) is 1. The first-order chi connectivity index (χ1) is 12.4. The van der Waals surface area contributed by atoms with Gasteiger partial charge in [-0.3, -0.25) is 9.59 Å². The third-order valence-corrected chi connectivity index (χ3v) is 4.07. The van der Waals surface area contributed by atoms with Crippen molar-refractivity contribution in [3.05, 3.63) is 29.8 Å². The second-order valence-corrected chi connectivity index (χ2v) is 6.12. The van der Waals surface area contributed by atoms with E-state index >= 15 is 0 Å². The monoisotopic (exact) mass is 399 g/mol. The summed E-state index contributed by atoms with van der Waals surface area (Å²) >= 11 is 0. The molecule has 1 N–H and O–H groups in total. The topological polar surface area (TPSA) is 66.8 Å². The molecule has 2 atom stereocenters. The molecule has 1 aliphatic rings. The van der Waals surface area contributed by atoms with Gasteiger partial charge in [0.1, 0.15) is 5.75 Å². The first-order valence-corrected chi connectivity index (χ1v) is 7.72. The lowest BCUT2D eigenvalue weighted by Crippen LogP contribution is -2.34. The number of carbonyl (C=O) groups excluding carboxylic acids is 1. The van der Waals surface area contributed by atoms with Crippen LogP contribution in [0.15, 0.2) is 24.3 Å². The van der Waals surface area contributed by atoms with E-state index in [4.69, 9.17) is 5.11 Å². The number of alkyl halides is 6. The molecule has 1 aliphatic heterocycles. The van der Waals surface area contributed by atoms with Crippen molar-refractivity contribution in [1.29, 1.82) is 0 Å². The molecular weight excluding hydrogens is 384 g/mol. The zero-order valence-electron chi connectivity index (χ0n) is 13.7. The fourth-order valence-electron chi connectivity index (χ4n) is 2.79. The maximum Gasteiger partial charge on any atom is 0.422 e. The van der Waals surface area contributed by atoms with Crippen molar-refractivity contribution in [2.24, 2.45) is 11.8 Å². The van der Waals surface area contributed by atoms with E-state index in [-0.39, 0.29) is 17.7 Å². The third-order valence-electron chi connectivity index (χ3n) is 4.07. The van der Waals surface area contributed by atoms with Crippen LogP contribution in [0.5, 0.6) is 5.75 Å². The molecule has 0 saturated carbocycles. The largest absolute Gasteiger partial charge is 0.484 e. The molecule has 0 bridgehead atoms. The second kappa shape index (κ2) is 7.65. The van der Waals surface area contributed by atoms with Gasteiger partial charge in [-0.05, 0) is 17.7 Å².